The van der Waals surface area contributed by atoms with Gasteiger partial charge in [-0.1, -0.05) is 13.0 Å². The summed E-state index contributed by atoms with van der Waals surface area (Å²) in [7, 11) is 2.17. The summed E-state index contributed by atoms with van der Waals surface area (Å²) in [5, 5.41) is 11.2. The highest BCUT2D eigenvalue weighted by Gasteiger charge is 2.35. The summed E-state index contributed by atoms with van der Waals surface area (Å²) in [5.74, 6) is -0.557. The van der Waals surface area contributed by atoms with Gasteiger partial charge < -0.3 is 26.3 Å². The number of pyridine rings is 1. The Hall–Kier alpha value is -3.37. The lowest BCUT2D eigenvalue weighted by molar-refractivity contribution is -0.146. The van der Waals surface area contributed by atoms with Crippen LogP contribution in [0, 0.1) is 11.3 Å². The van der Waals surface area contributed by atoms with Crippen LogP contribution in [-0.4, -0.2) is 64.5 Å². The van der Waals surface area contributed by atoms with Crippen molar-refractivity contribution >= 4 is 51.0 Å². The lowest BCUT2D eigenvalue weighted by Gasteiger charge is -2.38. The minimum absolute atomic E-state index is 0.198. The molecule has 2 atom stereocenters. The van der Waals surface area contributed by atoms with E-state index in [2.05, 4.69) is 47.4 Å². The van der Waals surface area contributed by atoms with E-state index in [0.717, 1.165) is 60.8 Å². The summed E-state index contributed by atoms with van der Waals surface area (Å²) in [4.78, 5) is 39.4. The van der Waals surface area contributed by atoms with E-state index < -0.39 is 11.8 Å². The number of aromatic nitrogens is 2. The van der Waals surface area contributed by atoms with Gasteiger partial charge in [0, 0.05) is 30.4 Å². The number of thiazole rings is 1. The van der Waals surface area contributed by atoms with Crippen LogP contribution in [0.25, 0.3) is 10.2 Å². The number of rotatable bonds is 4. The molecule has 2 aromatic heterocycles. The van der Waals surface area contributed by atoms with Gasteiger partial charge in [-0.3, -0.25) is 14.6 Å². The number of likely N-dealkylation sites (tertiary alicyclic amines) is 2. The first-order valence-electron chi connectivity index (χ1n) is 12.8. The van der Waals surface area contributed by atoms with Gasteiger partial charge in [-0.05, 0) is 69.4 Å². The van der Waals surface area contributed by atoms with E-state index >= 15 is 0 Å². The van der Waals surface area contributed by atoms with Crippen LogP contribution in [0.1, 0.15) is 60.7 Å². The van der Waals surface area contributed by atoms with Crippen LogP contribution >= 0.6 is 11.3 Å². The number of nitrogens with one attached hydrogen (secondary N) is 2. The van der Waals surface area contributed by atoms with Gasteiger partial charge in [-0.2, -0.15) is 0 Å². The average molecular weight is 520 g/mol. The Morgan fingerprint density at radius 1 is 1.19 bits per heavy atom. The molecule has 5 rings (SSSR count). The van der Waals surface area contributed by atoms with Crippen LogP contribution in [-0.2, 0) is 9.59 Å². The lowest BCUT2D eigenvalue weighted by Crippen LogP contribution is -2.46. The van der Waals surface area contributed by atoms with Gasteiger partial charge in [0.15, 0.2) is 0 Å². The molecule has 37 heavy (non-hydrogen) atoms. The van der Waals surface area contributed by atoms with Crippen LogP contribution in [0.4, 0.5) is 11.4 Å². The Bertz CT molecular complexity index is 1330. The van der Waals surface area contributed by atoms with Crippen molar-refractivity contribution in [1.29, 1.82) is 5.41 Å². The van der Waals surface area contributed by atoms with E-state index in [9.17, 15) is 9.59 Å². The summed E-state index contributed by atoms with van der Waals surface area (Å²) in [6, 6.07) is 6.08. The molecule has 194 valence electrons. The van der Waals surface area contributed by atoms with Crippen molar-refractivity contribution < 1.29 is 9.59 Å². The molecule has 2 aliphatic rings. The van der Waals surface area contributed by atoms with Gasteiger partial charge in [-0.15, -0.1) is 11.3 Å². The van der Waals surface area contributed by atoms with Gasteiger partial charge in [-0.25, -0.2) is 4.98 Å². The van der Waals surface area contributed by atoms with Gasteiger partial charge in [0.1, 0.15) is 0 Å². The van der Waals surface area contributed by atoms with E-state index in [0.29, 0.717) is 23.9 Å². The molecule has 2 aliphatic heterocycles. The monoisotopic (exact) mass is 519 g/mol. The number of anilines is 2. The Morgan fingerprint density at radius 3 is 2.73 bits per heavy atom. The largest absolute Gasteiger partial charge is 0.396 e. The first kappa shape index (κ1) is 25.3. The lowest BCUT2D eigenvalue weighted by atomic mass is 9.89. The van der Waals surface area contributed by atoms with E-state index in [4.69, 9.17) is 16.1 Å². The average Bonchev–Trinajstić information content (AvgIpc) is 3.33. The predicted octanol–water partition coefficient (Wildman–Crippen LogP) is 4.02. The van der Waals surface area contributed by atoms with Crippen LogP contribution in [0.2, 0.25) is 0 Å². The van der Waals surface area contributed by atoms with Crippen molar-refractivity contribution in [3.63, 3.8) is 0 Å². The number of nitrogen functional groups attached to an aromatic ring is 1. The number of carbonyl (C=O) groups is 2. The Morgan fingerprint density at radius 2 is 1.97 bits per heavy atom. The van der Waals surface area contributed by atoms with Crippen molar-refractivity contribution in [2.75, 3.05) is 37.7 Å². The quantitative estimate of drug-likeness (QED) is 0.353. The minimum Gasteiger partial charge on any atom is -0.396 e. The van der Waals surface area contributed by atoms with Crippen LogP contribution < -0.4 is 11.1 Å². The Balaban J connectivity index is 1.37. The molecule has 2 amide bonds. The standard InChI is InChI=1S/C27H33N7O2S/c1-16-3-5-22(34(15-16)27(36)25(35)31-21-14-30-13-19(12-28)24(21)29)18-4-6-23-20(11-18)32-26(37-23)17-7-9-33(2)10-8-17/h4,6,11-14,16-17,22,28H,3,5,7-10,15H2,1-2H3,(H2,29,30)(H,31,35)/t16-,22+/m0/s1. The molecule has 0 spiro atoms. The predicted molar refractivity (Wildman–Crippen MR) is 147 cm³/mol. The molecule has 1 aromatic carbocycles. The van der Waals surface area contributed by atoms with Crippen molar-refractivity contribution in [3.8, 4) is 0 Å². The van der Waals surface area contributed by atoms with Gasteiger partial charge in [0.25, 0.3) is 0 Å². The Labute approximate surface area is 220 Å². The zero-order chi connectivity index (χ0) is 26.1. The SMILES string of the molecule is C[C@H]1CC[C@H](c2ccc3sc(C4CCN(C)CC4)nc3c2)N(C(=O)C(=O)Nc2cncc(C=N)c2N)C1. The number of piperidine rings is 2. The maximum absolute atomic E-state index is 13.4. The number of fused-ring (bicyclic) bond motifs is 1. The molecule has 0 saturated carbocycles. The molecule has 10 heteroatoms. The van der Waals surface area contributed by atoms with Crippen molar-refractivity contribution in [2.24, 2.45) is 5.92 Å². The molecule has 0 radical (unpaired) electrons. The zero-order valence-corrected chi connectivity index (χ0v) is 22.1. The van der Waals surface area contributed by atoms with Crippen LogP contribution in [0.3, 0.4) is 0 Å². The third kappa shape index (κ3) is 5.21. The first-order chi connectivity index (χ1) is 17.8. The normalized spacial score (nSPS) is 21.2. The van der Waals surface area contributed by atoms with E-state index in [1.807, 2.05) is 0 Å². The van der Waals surface area contributed by atoms with Gasteiger partial charge in [0.2, 0.25) is 0 Å². The van der Waals surface area contributed by atoms with Crippen molar-refractivity contribution in [2.45, 2.75) is 44.6 Å². The second kappa shape index (κ2) is 10.5. The van der Waals surface area contributed by atoms with Gasteiger partial charge in [0.05, 0.1) is 38.8 Å². The number of benzene rings is 1. The number of nitrogens with two attached hydrogens (primary N) is 1. The van der Waals surface area contributed by atoms with Crippen molar-refractivity contribution in [3.05, 3.63) is 46.7 Å². The maximum Gasteiger partial charge on any atom is 0.314 e. The van der Waals surface area contributed by atoms with Crippen LogP contribution in [0.5, 0.6) is 0 Å². The van der Waals surface area contributed by atoms with E-state index in [1.165, 1.54) is 17.4 Å². The van der Waals surface area contributed by atoms with Crippen molar-refractivity contribution in [1.82, 2.24) is 19.8 Å². The van der Waals surface area contributed by atoms with Crippen LogP contribution in [0.15, 0.2) is 30.6 Å². The third-order valence-electron chi connectivity index (χ3n) is 7.58. The molecule has 4 heterocycles. The molecular weight excluding hydrogens is 486 g/mol. The first-order valence-corrected chi connectivity index (χ1v) is 13.6. The number of nitrogens with zero attached hydrogens (tertiary/aromatic N) is 4. The molecule has 0 bridgehead atoms. The van der Waals surface area contributed by atoms with E-state index in [-0.39, 0.29) is 17.4 Å². The third-order valence-corrected chi connectivity index (χ3v) is 8.77. The fourth-order valence-corrected chi connectivity index (χ4v) is 6.45. The summed E-state index contributed by atoms with van der Waals surface area (Å²) < 4.78 is 1.16. The molecule has 9 nitrogen and oxygen atoms in total. The molecule has 3 aromatic rings. The molecule has 2 saturated heterocycles. The fraction of sp³-hybridized carbons (Fsp3) is 0.444. The number of carbonyl (C=O) groups excluding carboxylic acids is 2. The zero-order valence-electron chi connectivity index (χ0n) is 21.2. The number of hydrogen-bond donors (Lipinski definition) is 3. The number of amides is 2. The number of hydrogen-bond acceptors (Lipinski definition) is 8. The minimum atomic E-state index is -0.756. The molecule has 0 unspecified atom stereocenters. The highest BCUT2D eigenvalue weighted by Crippen LogP contribution is 2.38. The summed E-state index contributed by atoms with van der Waals surface area (Å²) >= 11 is 1.77. The second-order valence-corrected chi connectivity index (χ2v) is 11.4. The Kier molecular flexibility index (Phi) is 7.21. The maximum atomic E-state index is 13.4. The molecule has 4 N–H and O–H groups in total. The van der Waals surface area contributed by atoms with Gasteiger partial charge >= 0.3 is 11.8 Å². The molecular formula is C27H33N7O2S. The highest BCUT2D eigenvalue weighted by atomic mass is 32.1. The fourth-order valence-electron chi connectivity index (χ4n) is 5.33. The molecule has 0 aliphatic carbocycles. The van der Waals surface area contributed by atoms with E-state index in [1.54, 1.807) is 16.2 Å². The highest BCUT2D eigenvalue weighted by molar-refractivity contribution is 7.18. The summed E-state index contributed by atoms with van der Waals surface area (Å²) in [5.41, 5.74) is 8.83. The second-order valence-electron chi connectivity index (χ2n) is 10.3. The molecule has 2 fully saturated rings. The summed E-state index contributed by atoms with van der Waals surface area (Å²) in [6.07, 6.45) is 7.91. The topological polar surface area (TPSA) is 128 Å². The smallest absolute Gasteiger partial charge is 0.314 e. The summed E-state index contributed by atoms with van der Waals surface area (Å²) in [6.45, 7) is 4.79.